The average molecular weight is 383 g/mol. The highest BCUT2D eigenvalue weighted by Crippen LogP contribution is 2.37. The minimum absolute atomic E-state index is 0.0744. The molecule has 0 fully saturated rings. The summed E-state index contributed by atoms with van der Waals surface area (Å²) < 4.78 is 77.7. The van der Waals surface area contributed by atoms with Crippen LogP contribution in [0.4, 0.5) is 26.3 Å². The van der Waals surface area contributed by atoms with E-state index in [0.29, 0.717) is 32.0 Å². The summed E-state index contributed by atoms with van der Waals surface area (Å²) in [5.41, 5.74) is -3.23. The van der Waals surface area contributed by atoms with Crippen molar-refractivity contribution in [3.05, 3.63) is 34.9 Å². The number of carbonyl (C=O) groups is 1. The zero-order valence-corrected chi connectivity index (χ0v) is 14.8. The van der Waals surface area contributed by atoms with Gasteiger partial charge in [0.25, 0.3) is 0 Å². The maximum absolute atomic E-state index is 13.2. The van der Waals surface area contributed by atoms with Crippen LogP contribution in [0.2, 0.25) is 0 Å². The third kappa shape index (κ3) is 6.53. The molecule has 0 aromatic heterocycles. The second-order valence-corrected chi connectivity index (χ2v) is 6.13. The Morgan fingerprint density at radius 2 is 1.46 bits per heavy atom. The van der Waals surface area contributed by atoms with E-state index in [1.807, 2.05) is 13.8 Å². The molecule has 0 saturated heterocycles. The van der Waals surface area contributed by atoms with Crippen LogP contribution in [0.3, 0.4) is 0 Å². The molecule has 0 radical (unpaired) electrons. The second kappa shape index (κ2) is 9.28. The topological polar surface area (TPSA) is 20.3 Å². The first-order valence-electron chi connectivity index (χ1n) is 8.55. The Kier molecular flexibility index (Phi) is 7.96. The van der Waals surface area contributed by atoms with Crippen molar-refractivity contribution < 1.29 is 31.1 Å². The van der Waals surface area contributed by atoms with E-state index in [1.165, 1.54) is 4.90 Å². The van der Waals surface area contributed by atoms with E-state index in [0.717, 1.165) is 18.9 Å². The van der Waals surface area contributed by atoms with Gasteiger partial charge in [0.1, 0.15) is 0 Å². The van der Waals surface area contributed by atoms with Gasteiger partial charge in [-0.05, 0) is 30.5 Å². The summed E-state index contributed by atoms with van der Waals surface area (Å²) in [5, 5.41) is 0. The molecule has 1 rings (SSSR count). The first-order valence-corrected chi connectivity index (χ1v) is 8.55. The van der Waals surface area contributed by atoms with Crippen molar-refractivity contribution in [1.29, 1.82) is 0 Å². The van der Waals surface area contributed by atoms with Gasteiger partial charge in [-0.2, -0.15) is 26.3 Å². The van der Waals surface area contributed by atoms with Gasteiger partial charge in [0.05, 0.1) is 17.5 Å². The van der Waals surface area contributed by atoms with Gasteiger partial charge < -0.3 is 4.90 Å². The first kappa shape index (κ1) is 22.3. The van der Waals surface area contributed by atoms with Crippen molar-refractivity contribution >= 4 is 5.91 Å². The van der Waals surface area contributed by atoms with Crippen molar-refractivity contribution in [2.75, 3.05) is 13.1 Å². The van der Waals surface area contributed by atoms with Crippen LogP contribution in [-0.2, 0) is 23.6 Å². The van der Waals surface area contributed by atoms with E-state index in [2.05, 4.69) is 0 Å². The number of nitrogens with zero attached hydrogens (tertiary/aromatic N) is 1. The van der Waals surface area contributed by atoms with Crippen LogP contribution in [0.1, 0.15) is 56.2 Å². The van der Waals surface area contributed by atoms with Crippen LogP contribution in [0.25, 0.3) is 0 Å². The van der Waals surface area contributed by atoms with Gasteiger partial charge >= 0.3 is 12.4 Å². The average Bonchev–Trinajstić information content (AvgIpc) is 2.53. The molecule has 0 heterocycles. The number of unbranched alkanes of at least 4 members (excludes halogenated alkanes) is 2. The number of amides is 1. The van der Waals surface area contributed by atoms with Gasteiger partial charge in [0, 0.05) is 13.1 Å². The van der Waals surface area contributed by atoms with Crippen LogP contribution in [0.15, 0.2) is 18.2 Å². The van der Waals surface area contributed by atoms with Crippen LogP contribution in [0.5, 0.6) is 0 Å². The maximum Gasteiger partial charge on any atom is 0.416 e. The predicted octanol–water partition coefficient (Wildman–Crippen LogP) is 5.70. The smallest absolute Gasteiger partial charge is 0.342 e. The van der Waals surface area contributed by atoms with E-state index >= 15 is 0 Å². The van der Waals surface area contributed by atoms with Crippen molar-refractivity contribution in [2.24, 2.45) is 0 Å². The molecular formula is C18H23F6NO. The summed E-state index contributed by atoms with van der Waals surface area (Å²) >= 11 is 0. The molecule has 0 atom stereocenters. The Balaban J connectivity index is 3.10. The molecule has 0 unspecified atom stereocenters. The van der Waals surface area contributed by atoms with Crippen molar-refractivity contribution in [3.63, 3.8) is 0 Å². The molecule has 0 saturated carbocycles. The third-order valence-electron chi connectivity index (χ3n) is 4.00. The summed E-state index contributed by atoms with van der Waals surface area (Å²) in [6, 6.07) is 1.41. The highest BCUT2D eigenvalue weighted by Gasteiger charge is 2.38. The standard InChI is InChI=1S/C18H23F6NO/c1-3-5-9-25(10-6-4-2)16(26)11-13-7-8-14(17(19,20)21)12-15(13)18(22,23)24/h7-8,12H,3-6,9-11H2,1-2H3. The van der Waals surface area contributed by atoms with E-state index < -0.39 is 41.4 Å². The van der Waals surface area contributed by atoms with Crippen LogP contribution in [0, 0.1) is 0 Å². The monoisotopic (exact) mass is 383 g/mol. The maximum atomic E-state index is 13.2. The normalized spacial score (nSPS) is 12.3. The Bertz CT molecular complexity index is 586. The van der Waals surface area contributed by atoms with Gasteiger partial charge in [0.2, 0.25) is 5.91 Å². The summed E-state index contributed by atoms with van der Waals surface area (Å²) in [7, 11) is 0. The number of benzene rings is 1. The van der Waals surface area contributed by atoms with E-state index in [-0.39, 0.29) is 6.07 Å². The SMILES string of the molecule is CCCCN(CCCC)C(=O)Cc1ccc(C(F)(F)F)cc1C(F)(F)F. The third-order valence-corrected chi connectivity index (χ3v) is 4.00. The molecule has 0 spiro atoms. The van der Waals surface area contributed by atoms with Crippen LogP contribution >= 0.6 is 0 Å². The molecule has 148 valence electrons. The summed E-state index contributed by atoms with van der Waals surface area (Å²) in [6.45, 7) is 4.72. The lowest BCUT2D eigenvalue weighted by molar-refractivity contribution is -0.143. The largest absolute Gasteiger partial charge is 0.416 e. The molecule has 2 nitrogen and oxygen atoms in total. The highest BCUT2D eigenvalue weighted by atomic mass is 19.4. The lowest BCUT2D eigenvalue weighted by Gasteiger charge is -2.23. The molecule has 0 N–H and O–H groups in total. The predicted molar refractivity (Wildman–Crippen MR) is 86.5 cm³/mol. The van der Waals surface area contributed by atoms with E-state index in [4.69, 9.17) is 0 Å². The lowest BCUT2D eigenvalue weighted by atomic mass is 10.00. The molecule has 0 bridgehead atoms. The molecule has 0 aliphatic carbocycles. The summed E-state index contributed by atoms with van der Waals surface area (Å²) in [6.07, 6.45) is -7.33. The Morgan fingerprint density at radius 3 is 1.88 bits per heavy atom. The molecular weight excluding hydrogens is 360 g/mol. The fraction of sp³-hybridized carbons (Fsp3) is 0.611. The van der Waals surface area contributed by atoms with Crippen molar-refractivity contribution in [3.8, 4) is 0 Å². The van der Waals surface area contributed by atoms with Gasteiger partial charge in [-0.15, -0.1) is 0 Å². The first-order chi connectivity index (χ1) is 12.0. The fourth-order valence-electron chi connectivity index (χ4n) is 2.50. The van der Waals surface area contributed by atoms with E-state index in [1.54, 1.807) is 0 Å². The molecule has 1 amide bonds. The summed E-state index contributed by atoms with van der Waals surface area (Å²) in [4.78, 5) is 13.9. The molecule has 0 aliphatic rings. The molecule has 0 aliphatic heterocycles. The number of alkyl halides is 6. The van der Waals surface area contributed by atoms with Crippen LogP contribution < -0.4 is 0 Å². The molecule has 26 heavy (non-hydrogen) atoms. The highest BCUT2D eigenvalue weighted by molar-refractivity contribution is 5.79. The fourth-order valence-corrected chi connectivity index (χ4v) is 2.50. The van der Waals surface area contributed by atoms with Gasteiger partial charge in [0.15, 0.2) is 0 Å². The summed E-state index contributed by atoms with van der Waals surface area (Å²) in [5.74, 6) is -0.503. The Labute approximate surface area is 149 Å². The lowest BCUT2D eigenvalue weighted by Crippen LogP contribution is -2.34. The molecule has 8 heteroatoms. The van der Waals surface area contributed by atoms with E-state index in [9.17, 15) is 31.1 Å². The Morgan fingerprint density at radius 1 is 0.923 bits per heavy atom. The number of carbonyl (C=O) groups excluding carboxylic acids is 1. The zero-order chi connectivity index (χ0) is 20.0. The number of hydrogen-bond acceptors (Lipinski definition) is 1. The molecule has 1 aromatic carbocycles. The molecule has 1 aromatic rings. The minimum atomic E-state index is -4.96. The minimum Gasteiger partial charge on any atom is -0.342 e. The second-order valence-electron chi connectivity index (χ2n) is 6.13. The number of halogens is 6. The van der Waals surface area contributed by atoms with Gasteiger partial charge in [-0.1, -0.05) is 32.8 Å². The Hall–Kier alpha value is -1.73. The number of rotatable bonds is 8. The van der Waals surface area contributed by atoms with Gasteiger partial charge in [-0.3, -0.25) is 4.79 Å². The van der Waals surface area contributed by atoms with Gasteiger partial charge in [-0.25, -0.2) is 0 Å². The zero-order valence-electron chi connectivity index (χ0n) is 14.8. The van der Waals surface area contributed by atoms with Crippen molar-refractivity contribution in [1.82, 2.24) is 4.90 Å². The van der Waals surface area contributed by atoms with Crippen LogP contribution in [-0.4, -0.2) is 23.9 Å². The number of hydrogen-bond donors (Lipinski definition) is 0. The quantitative estimate of drug-likeness (QED) is 0.528. The van der Waals surface area contributed by atoms with Crippen molar-refractivity contribution in [2.45, 2.75) is 58.3 Å².